The molecule has 1 N–H and O–H groups in total. The quantitative estimate of drug-likeness (QED) is 0.795. The number of hydrogen-bond acceptors (Lipinski definition) is 2. The van der Waals surface area contributed by atoms with Gasteiger partial charge < -0.3 is 10.2 Å². The van der Waals surface area contributed by atoms with E-state index in [1.165, 1.54) is 19.3 Å². The van der Waals surface area contributed by atoms with E-state index in [9.17, 15) is 4.79 Å². The van der Waals surface area contributed by atoms with Gasteiger partial charge in [-0.15, -0.1) is 0 Å². The van der Waals surface area contributed by atoms with Gasteiger partial charge in [-0.1, -0.05) is 13.8 Å². The van der Waals surface area contributed by atoms with Crippen LogP contribution in [0, 0.1) is 11.8 Å². The molecular formula is C14H26N2O. The zero-order valence-corrected chi connectivity index (χ0v) is 11.2. The minimum absolute atomic E-state index is 0.366. The third kappa shape index (κ3) is 3.98. The second-order valence-corrected chi connectivity index (χ2v) is 5.94. The molecule has 0 bridgehead atoms. The lowest BCUT2D eigenvalue weighted by atomic mass is 9.89. The topological polar surface area (TPSA) is 32.3 Å². The number of nitrogens with zero attached hydrogens (tertiary/aromatic N) is 1. The summed E-state index contributed by atoms with van der Waals surface area (Å²) < 4.78 is 0. The van der Waals surface area contributed by atoms with Gasteiger partial charge in [0.2, 0.25) is 5.91 Å². The molecule has 98 valence electrons. The predicted octanol–water partition coefficient (Wildman–Crippen LogP) is 2.02. The van der Waals surface area contributed by atoms with Crippen molar-refractivity contribution in [2.45, 2.75) is 52.0 Å². The highest BCUT2D eigenvalue weighted by molar-refractivity contribution is 5.76. The number of hydrogen-bond donors (Lipinski definition) is 1. The summed E-state index contributed by atoms with van der Waals surface area (Å²) in [6, 6.07) is 0.750. The maximum Gasteiger partial charge on any atom is 0.222 e. The minimum Gasteiger partial charge on any atom is -0.341 e. The Labute approximate surface area is 105 Å². The van der Waals surface area contributed by atoms with Crippen LogP contribution < -0.4 is 5.32 Å². The average Bonchev–Trinajstić information content (AvgIpc) is 3.09. The molecule has 1 aliphatic carbocycles. The second-order valence-electron chi connectivity index (χ2n) is 5.94. The first-order valence-electron chi connectivity index (χ1n) is 7.18. The number of carbonyl (C=O) groups is 1. The van der Waals surface area contributed by atoms with Gasteiger partial charge in [-0.2, -0.15) is 0 Å². The molecule has 2 rings (SSSR count). The van der Waals surface area contributed by atoms with Crippen molar-refractivity contribution < 1.29 is 4.79 Å². The standard InChI is InChI=1S/C14H26N2O/c1-11(2)12-3-6-14(17)16(9-7-12)10-8-15-13-4-5-13/h11-13,15H,3-10H2,1-2H3. The summed E-state index contributed by atoms with van der Waals surface area (Å²) >= 11 is 0. The summed E-state index contributed by atoms with van der Waals surface area (Å²) in [5, 5.41) is 3.48. The first-order valence-corrected chi connectivity index (χ1v) is 7.18. The Morgan fingerprint density at radius 3 is 2.71 bits per heavy atom. The summed E-state index contributed by atoms with van der Waals surface area (Å²) in [6.45, 7) is 7.40. The van der Waals surface area contributed by atoms with Crippen molar-refractivity contribution in [3.8, 4) is 0 Å². The van der Waals surface area contributed by atoms with Crippen LogP contribution in [0.3, 0.4) is 0 Å². The number of nitrogens with one attached hydrogen (secondary N) is 1. The van der Waals surface area contributed by atoms with Gasteiger partial charge in [0.1, 0.15) is 0 Å². The lowest BCUT2D eigenvalue weighted by Crippen LogP contribution is -2.37. The van der Waals surface area contributed by atoms with E-state index >= 15 is 0 Å². The van der Waals surface area contributed by atoms with Crippen molar-refractivity contribution in [3.63, 3.8) is 0 Å². The van der Waals surface area contributed by atoms with E-state index in [0.29, 0.717) is 11.8 Å². The third-order valence-electron chi connectivity index (χ3n) is 4.19. The summed E-state index contributed by atoms with van der Waals surface area (Å²) in [7, 11) is 0. The Balaban J connectivity index is 1.74. The van der Waals surface area contributed by atoms with Crippen molar-refractivity contribution in [2.24, 2.45) is 11.8 Å². The number of carbonyl (C=O) groups excluding carboxylic acids is 1. The molecule has 1 saturated heterocycles. The Kier molecular flexibility index (Phi) is 4.43. The number of amides is 1. The molecule has 0 aromatic heterocycles. The van der Waals surface area contributed by atoms with Gasteiger partial charge in [0.25, 0.3) is 0 Å². The van der Waals surface area contributed by atoms with Crippen LogP contribution in [0.15, 0.2) is 0 Å². The van der Waals surface area contributed by atoms with Crippen molar-refractivity contribution >= 4 is 5.91 Å². The molecule has 1 aliphatic heterocycles. The van der Waals surface area contributed by atoms with Gasteiger partial charge in [0.15, 0.2) is 0 Å². The first-order chi connectivity index (χ1) is 8.16. The van der Waals surface area contributed by atoms with Crippen LogP contribution in [0.1, 0.15) is 46.0 Å². The highest BCUT2D eigenvalue weighted by Gasteiger charge is 2.25. The van der Waals surface area contributed by atoms with Crippen molar-refractivity contribution in [1.82, 2.24) is 10.2 Å². The molecule has 3 nitrogen and oxygen atoms in total. The molecule has 1 unspecified atom stereocenters. The largest absolute Gasteiger partial charge is 0.341 e. The molecule has 1 amide bonds. The molecule has 0 aromatic carbocycles. The molecule has 2 aliphatic rings. The molecule has 1 atom stereocenters. The van der Waals surface area contributed by atoms with Crippen molar-refractivity contribution in [3.05, 3.63) is 0 Å². The zero-order chi connectivity index (χ0) is 12.3. The van der Waals surface area contributed by atoms with E-state index in [2.05, 4.69) is 24.1 Å². The van der Waals surface area contributed by atoms with Gasteiger partial charge in [0.05, 0.1) is 0 Å². The average molecular weight is 238 g/mol. The fourth-order valence-electron chi connectivity index (χ4n) is 2.65. The lowest BCUT2D eigenvalue weighted by molar-refractivity contribution is -0.130. The zero-order valence-electron chi connectivity index (χ0n) is 11.2. The second kappa shape index (κ2) is 5.85. The van der Waals surface area contributed by atoms with E-state index in [0.717, 1.165) is 44.4 Å². The highest BCUT2D eigenvalue weighted by atomic mass is 16.2. The fourth-order valence-corrected chi connectivity index (χ4v) is 2.65. The van der Waals surface area contributed by atoms with Crippen molar-refractivity contribution in [1.29, 1.82) is 0 Å². The number of likely N-dealkylation sites (tertiary alicyclic amines) is 1. The monoisotopic (exact) mass is 238 g/mol. The fraction of sp³-hybridized carbons (Fsp3) is 0.929. The number of rotatable bonds is 5. The van der Waals surface area contributed by atoms with Crippen LogP contribution >= 0.6 is 0 Å². The van der Waals surface area contributed by atoms with Crippen LogP contribution in [0.25, 0.3) is 0 Å². The van der Waals surface area contributed by atoms with E-state index in [4.69, 9.17) is 0 Å². The van der Waals surface area contributed by atoms with E-state index in [-0.39, 0.29) is 0 Å². The SMILES string of the molecule is CC(C)C1CCC(=O)N(CCNC2CC2)CC1. The lowest BCUT2D eigenvalue weighted by Gasteiger charge is -2.22. The Hall–Kier alpha value is -0.570. The highest BCUT2D eigenvalue weighted by Crippen LogP contribution is 2.25. The molecule has 3 heteroatoms. The van der Waals surface area contributed by atoms with E-state index in [1.807, 2.05) is 0 Å². The van der Waals surface area contributed by atoms with Crippen molar-refractivity contribution in [2.75, 3.05) is 19.6 Å². The van der Waals surface area contributed by atoms with E-state index in [1.54, 1.807) is 0 Å². The molecule has 0 aromatic rings. The molecule has 2 fully saturated rings. The maximum absolute atomic E-state index is 12.0. The molecule has 1 saturated carbocycles. The molecule has 0 spiro atoms. The molecule has 0 radical (unpaired) electrons. The van der Waals surface area contributed by atoms with Crippen LogP contribution in [-0.2, 0) is 4.79 Å². The molecule has 17 heavy (non-hydrogen) atoms. The normalized spacial score (nSPS) is 26.4. The van der Waals surface area contributed by atoms with Gasteiger partial charge >= 0.3 is 0 Å². The van der Waals surface area contributed by atoms with Crippen LogP contribution in [0.2, 0.25) is 0 Å². The van der Waals surface area contributed by atoms with Gasteiger partial charge in [-0.3, -0.25) is 4.79 Å². The van der Waals surface area contributed by atoms with Crippen LogP contribution in [0.5, 0.6) is 0 Å². The molecular weight excluding hydrogens is 212 g/mol. The Morgan fingerprint density at radius 1 is 1.29 bits per heavy atom. The van der Waals surface area contributed by atoms with Gasteiger partial charge in [-0.25, -0.2) is 0 Å². The van der Waals surface area contributed by atoms with E-state index < -0.39 is 0 Å². The van der Waals surface area contributed by atoms with Crippen LogP contribution in [-0.4, -0.2) is 36.5 Å². The summed E-state index contributed by atoms with van der Waals surface area (Å²) in [6.07, 6.45) is 5.68. The predicted molar refractivity (Wildman–Crippen MR) is 69.8 cm³/mol. The Morgan fingerprint density at radius 2 is 2.06 bits per heavy atom. The maximum atomic E-state index is 12.0. The summed E-state index contributed by atoms with van der Waals surface area (Å²) in [5.74, 6) is 1.82. The first kappa shape index (κ1) is 12.9. The smallest absolute Gasteiger partial charge is 0.222 e. The minimum atomic E-state index is 0.366. The van der Waals surface area contributed by atoms with Crippen LogP contribution in [0.4, 0.5) is 0 Å². The van der Waals surface area contributed by atoms with Gasteiger partial charge in [-0.05, 0) is 37.5 Å². The summed E-state index contributed by atoms with van der Waals surface area (Å²) in [5.41, 5.74) is 0. The third-order valence-corrected chi connectivity index (χ3v) is 4.19. The summed E-state index contributed by atoms with van der Waals surface area (Å²) in [4.78, 5) is 14.0. The Bertz CT molecular complexity index is 261. The molecule has 1 heterocycles. The van der Waals surface area contributed by atoms with Gasteiger partial charge in [0, 0.05) is 32.1 Å².